The normalized spacial score (nSPS) is 12.7. The van der Waals surface area contributed by atoms with Crippen LogP contribution in [-0.4, -0.2) is 16.5 Å². The number of ketones is 1. The van der Waals surface area contributed by atoms with E-state index < -0.39 is 0 Å². The Morgan fingerprint density at radius 3 is 2.32 bits per heavy atom. The van der Waals surface area contributed by atoms with Crippen molar-refractivity contribution >= 4 is 16.7 Å². The summed E-state index contributed by atoms with van der Waals surface area (Å²) in [7, 11) is 0. The standard InChI is InChI=1S/C22H25NO2/c1-5-20(25-15(2)3)23-16(4)21(18-13-9-10-14-19(18)23)22(24)17-11-7-6-8-12-17/h6-15,20H,5H2,1-4H3. The third-order valence-electron chi connectivity index (χ3n) is 4.49. The molecule has 1 unspecified atom stereocenters. The lowest BCUT2D eigenvalue weighted by Crippen LogP contribution is -2.18. The van der Waals surface area contributed by atoms with Crippen molar-refractivity contribution < 1.29 is 9.53 Å². The van der Waals surface area contributed by atoms with Crippen LogP contribution >= 0.6 is 0 Å². The van der Waals surface area contributed by atoms with Crippen molar-refractivity contribution in [3.63, 3.8) is 0 Å². The fraction of sp³-hybridized carbons (Fsp3) is 0.318. The van der Waals surface area contributed by atoms with Gasteiger partial charge >= 0.3 is 0 Å². The van der Waals surface area contributed by atoms with Crippen LogP contribution in [0.2, 0.25) is 0 Å². The van der Waals surface area contributed by atoms with Gasteiger partial charge in [0.2, 0.25) is 0 Å². The highest BCUT2D eigenvalue weighted by Crippen LogP contribution is 2.32. The van der Waals surface area contributed by atoms with E-state index in [0.29, 0.717) is 5.56 Å². The summed E-state index contributed by atoms with van der Waals surface area (Å²) in [6.45, 7) is 8.21. The van der Waals surface area contributed by atoms with Gasteiger partial charge in [-0.15, -0.1) is 0 Å². The summed E-state index contributed by atoms with van der Waals surface area (Å²) in [5.74, 6) is 0.0625. The Morgan fingerprint density at radius 1 is 1.04 bits per heavy atom. The van der Waals surface area contributed by atoms with Crippen molar-refractivity contribution in [3.05, 3.63) is 71.4 Å². The van der Waals surface area contributed by atoms with Crippen molar-refractivity contribution in [2.45, 2.75) is 46.4 Å². The van der Waals surface area contributed by atoms with Gasteiger partial charge in [-0.25, -0.2) is 0 Å². The van der Waals surface area contributed by atoms with Gasteiger partial charge in [-0.2, -0.15) is 0 Å². The minimum absolute atomic E-state index is 0.0625. The van der Waals surface area contributed by atoms with E-state index in [4.69, 9.17) is 4.74 Å². The fourth-order valence-electron chi connectivity index (χ4n) is 3.44. The van der Waals surface area contributed by atoms with Gasteiger partial charge < -0.3 is 9.30 Å². The molecule has 25 heavy (non-hydrogen) atoms. The predicted octanol–water partition coefficient (Wildman–Crippen LogP) is 5.51. The molecular formula is C22H25NO2. The SMILES string of the molecule is CCC(OC(C)C)n1c(C)c(C(=O)c2ccccc2)c2ccccc21. The summed E-state index contributed by atoms with van der Waals surface area (Å²) in [6.07, 6.45) is 0.887. The van der Waals surface area contributed by atoms with Crippen molar-refractivity contribution in [3.8, 4) is 0 Å². The molecule has 1 heterocycles. The quantitative estimate of drug-likeness (QED) is 0.556. The van der Waals surface area contributed by atoms with Gasteiger partial charge in [0.25, 0.3) is 0 Å². The van der Waals surface area contributed by atoms with Crippen molar-refractivity contribution in [2.75, 3.05) is 0 Å². The van der Waals surface area contributed by atoms with Crippen LogP contribution < -0.4 is 0 Å². The van der Waals surface area contributed by atoms with E-state index in [1.807, 2.05) is 69.3 Å². The number of rotatable bonds is 6. The van der Waals surface area contributed by atoms with Crippen molar-refractivity contribution in [2.24, 2.45) is 0 Å². The maximum Gasteiger partial charge on any atom is 0.195 e. The van der Waals surface area contributed by atoms with Gasteiger partial charge in [0.15, 0.2) is 5.78 Å². The summed E-state index contributed by atoms with van der Waals surface area (Å²) in [6, 6.07) is 17.6. The summed E-state index contributed by atoms with van der Waals surface area (Å²) in [5, 5.41) is 0.986. The minimum atomic E-state index is -0.0813. The molecule has 3 aromatic rings. The Labute approximate surface area is 149 Å². The maximum absolute atomic E-state index is 13.2. The first-order valence-corrected chi connectivity index (χ1v) is 8.89. The van der Waals surface area contributed by atoms with Crippen LogP contribution in [0.25, 0.3) is 10.9 Å². The number of carbonyl (C=O) groups excluding carboxylic acids is 1. The lowest BCUT2D eigenvalue weighted by atomic mass is 10.0. The number of benzene rings is 2. The van der Waals surface area contributed by atoms with Crippen LogP contribution in [0, 0.1) is 6.92 Å². The Bertz CT molecular complexity index is 878. The number of ether oxygens (including phenoxy) is 1. The second-order valence-corrected chi connectivity index (χ2v) is 6.59. The Balaban J connectivity index is 2.21. The molecule has 0 aliphatic rings. The van der Waals surface area contributed by atoms with Crippen LogP contribution in [0.1, 0.15) is 55.0 Å². The summed E-state index contributed by atoms with van der Waals surface area (Å²) < 4.78 is 8.30. The Hall–Kier alpha value is -2.39. The highest BCUT2D eigenvalue weighted by Gasteiger charge is 2.24. The molecule has 0 saturated heterocycles. The number of carbonyl (C=O) groups is 1. The van der Waals surface area contributed by atoms with E-state index in [1.54, 1.807) is 0 Å². The van der Waals surface area contributed by atoms with Gasteiger partial charge in [-0.3, -0.25) is 4.79 Å². The average Bonchev–Trinajstić information content (AvgIpc) is 2.91. The molecule has 1 aromatic heterocycles. The smallest absolute Gasteiger partial charge is 0.195 e. The van der Waals surface area contributed by atoms with E-state index in [9.17, 15) is 4.79 Å². The third kappa shape index (κ3) is 3.24. The van der Waals surface area contributed by atoms with E-state index in [2.05, 4.69) is 17.6 Å². The molecule has 0 aliphatic heterocycles. The molecule has 1 atom stereocenters. The van der Waals surface area contributed by atoms with Crippen LogP contribution in [0.15, 0.2) is 54.6 Å². The molecule has 0 N–H and O–H groups in total. The Kier molecular flexibility index (Phi) is 5.05. The zero-order valence-corrected chi connectivity index (χ0v) is 15.3. The zero-order chi connectivity index (χ0) is 18.0. The van der Waals surface area contributed by atoms with Gasteiger partial charge in [0.1, 0.15) is 6.23 Å². The molecule has 0 radical (unpaired) electrons. The third-order valence-corrected chi connectivity index (χ3v) is 4.49. The highest BCUT2D eigenvalue weighted by atomic mass is 16.5. The minimum Gasteiger partial charge on any atom is -0.355 e. The molecule has 0 spiro atoms. The average molecular weight is 335 g/mol. The first kappa shape index (κ1) is 17.4. The summed E-state index contributed by atoms with van der Waals surface area (Å²) >= 11 is 0. The van der Waals surface area contributed by atoms with Crippen molar-refractivity contribution in [1.29, 1.82) is 0 Å². The molecule has 0 saturated carbocycles. The monoisotopic (exact) mass is 335 g/mol. The van der Waals surface area contributed by atoms with E-state index in [0.717, 1.165) is 28.6 Å². The topological polar surface area (TPSA) is 31.2 Å². The molecule has 2 aromatic carbocycles. The first-order chi connectivity index (χ1) is 12.0. The second-order valence-electron chi connectivity index (χ2n) is 6.59. The van der Waals surface area contributed by atoms with Gasteiger partial charge in [-0.05, 0) is 33.3 Å². The number of hydrogen-bond donors (Lipinski definition) is 0. The van der Waals surface area contributed by atoms with Crippen LogP contribution in [0.4, 0.5) is 0 Å². The molecule has 0 bridgehead atoms. The van der Waals surface area contributed by atoms with Gasteiger partial charge in [0, 0.05) is 16.6 Å². The fourth-order valence-corrected chi connectivity index (χ4v) is 3.44. The summed E-state index contributed by atoms with van der Waals surface area (Å²) in [5.41, 5.74) is 3.49. The van der Waals surface area contributed by atoms with E-state index in [1.165, 1.54) is 0 Å². The summed E-state index contributed by atoms with van der Waals surface area (Å²) in [4.78, 5) is 13.2. The molecule has 0 fully saturated rings. The van der Waals surface area contributed by atoms with Crippen LogP contribution in [0.5, 0.6) is 0 Å². The molecule has 3 nitrogen and oxygen atoms in total. The Morgan fingerprint density at radius 2 is 1.68 bits per heavy atom. The molecule has 3 rings (SSSR count). The van der Waals surface area contributed by atoms with Gasteiger partial charge in [-0.1, -0.05) is 55.5 Å². The molecular weight excluding hydrogens is 310 g/mol. The number of para-hydroxylation sites is 1. The van der Waals surface area contributed by atoms with E-state index in [-0.39, 0.29) is 18.1 Å². The lowest BCUT2D eigenvalue weighted by molar-refractivity contribution is -0.0375. The van der Waals surface area contributed by atoms with Crippen LogP contribution in [-0.2, 0) is 4.74 Å². The van der Waals surface area contributed by atoms with Crippen LogP contribution in [0.3, 0.4) is 0 Å². The van der Waals surface area contributed by atoms with Gasteiger partial charge in [0.05, 0.1) is 17.2 Å². The molecule has 0 aliphatic carbocycles. The molecule has 130 valence electrons. The molecule has 3 heteroatoms. The highest BCUT2D eigenvalue weighted by molar-refractivity contribution is 6.17. The van der Waals surface area contributed by atoms with E-state index >= 15 is 0 Å². The number of aromatic nitrogens is 1. The first-order valence-electron chi connectivity index (χ1n) is 8.89. The molecule has 0 amide bonds. The largest absolute Gasteiger partial charge is 0.355 e. The lowest BCUT2D eigenvalue weighted by Gasteiger charge is -2.23. The second kappa shape index (κ2) is 7.24. The number of nitrogens with zero attached hydrogens (tertiary/aromatic N) is 1. The maximum atomic E-state index is 13.2. The predicted molar refractivity (Wildman–Crippen MR) is 102 cm³/mol. The zero-order valence-electron chi connectivity index (χ0n) is 15.3. The number of fused-ring (bicyclic) bond motifs is 1. The number of hydrogen-bond acceptors (Lipinski definition) is 2. The van der Waals surface area contributed by atoms with Crippen molar-refractivity contribution in [1.82, 2.24) is 4.57 Å².